The second-order valence-electron chi connectivity index (χ2n) is 8.16. The van der Waals surface area contributed by atoms with Crippen molar-refractivity contribution >= 4 is 22.8 Å². The minimum Gasteiger partial charge on any atom is -0.342 e. The first-order chi connectivity index (χ1) is 15.7. The fraction of sp³-hybridized carbons (Fsp3) is 0.280. The van der Waals surface area contributed by atoms with Crippen LogP contribution in [0.4, 0.5) is 5.95 Å². The number of imidazole rings is 1. The smallest absolute Gasteiger partial charge is 0.293 e. The van der Waals surface area contributed by atoms with Crippen molar-refractivity contribution in [1.82, 2.24) is 19.3 Å². The number of rotatable bonds is 6. The standard InChI is InChI=1S/C25H25N5O2/c31-22(20-12-6-2-7-13-20)18-30-24(32)23-21(16-26-30)27-25(28-14-8-3-9-15-28)29(23)17-19-10-4-1-5-11-19/h1-2,4-7,10-13,16H,3,8-9,14-15,17-18H2. The maximum Gasteiger partial charge on any atom is 0.293 e. The summed E-state index contributed by atoms with van der Waals surface area (Å²) in [6.07, 6.45) is 5.04. The molecule has 32 heavy (non-hydrogen) atoms. The van der Waals surface area contributed by atoms with Crippen molar-refractivity contribution in [3.05, 3.63) is 88.3 Å². The van der Waals surface area contributed by atoms with Crippen molar-refractivity contribution < 1.29 is 4.79 Å². The van der Waals surface area contributed by atoms with E-state index in [-0.39, 0.29) is 17.9 Å². The van der Waals surface area contributed by atoms with Crippen molar-refractivity contribution in [2.45, 2.75) is 32.4 Å². The van der Waals surface area contributed by atoms with Gasteiger partial charge >= 0.3 is 0 Å². The number of piperidine rings is 1. The van der Waals surface area contributed by atoms with Crippen LogP contribution in [-0.2, 0) is 13.1 Å². The Morgan fingerprint density at radius 1 is 0.906 bits per heavy atom. The lowest BCUT2D eigenvalue weighted by Crippen LogP contribution is -2.32. The summed E-state index contributed by atoms with van der Waals surface area (Å²) in [6.45, 7) is 2.28. The highest BCUT2D eigenvalue weighted by Gasteiger charge is 2.22. The summed E-state index contributed by atoms with van der Waals surface area (Å²) in [5, 5.41) is 4.27. The molecule has 1 aliphatic rings. The average Bonchev–Trinajstić information content (AvgIpc) is 3.21. The minimum atomic E-state index is -0.293. The van der Waals surface area contributed by atoms with Gasteiger partial charge in [0.05, 0.1) is 12.7 Å². The van der Waals surface area contributed by atoms with E-state index in [2.05, 4.69) is 10.00 Å². The van der Waals surface area contributed by atoms with Gasteiger partial charge in [-0.1, -0.05) is 60.7 Å². The summed E-state index contributed by atoms with van der Waals surface area (Å²) < 4.78 is 3.24. The molecule has 0 saturated carbocycles. The Hall–Kier alpha value is -3.74. The van der Waals surface area contributed by atoms with Gasteiger partial charge < -0.3 is 9.47 Å². The summed E-state index contributed by atoms with van der Waals surface area (Å²) in [6, 6.07) is 19.0. The number of hydrogen-bond acceptors (Lipinski definition) is 5. The van der Waals surface area contributed by atoms with E-state index in [1.807, 2.05) is 53.1 Å². The molecule has 0 bridgehead atoms. The third kappa shape index (κ3) is 3.93. The number of nitrogens with zero attached hydrogens (tertiary/aromatic N) is 5. The third-order valence-electron chi connectivity index (χ3n) is 5.94. The van der Waals surface area contributed by atoms with Crippen LogP contribution in [0.5, 0.6) is 0 Å². The van der Waals surface area contributed by atoms with E-state index in [1.165, 1.54) is 11.1 Å². The molecular formula is C25H25N5O2. The van der Waals surface area contributed by atoms with Gasteiger partial charge in [-0.05, 0) is 24.8 Å². The fourth-order valence-electron chi connectivity index (χ4n) is 4.29. The molecule has 0 aliphatic carbocycles. The molecule has 0 unspecified atom stereocenters. The Morgan fingerprint density at radius 3 is 2.31 bits per heavy atom. The van der Waals surface area contributed by atoms with Gasteiger partial charge in [0.25, 0.3) is 5.56 Å². The zero-order valence-electron chi connectivity index (χ0n) is 17.9. The van der Waals surface area contributed by atoms with Crippen molar-refractivity contribution in [3.63, 3.8) is 0 Å². The second-order valence-corrected chi connectivity index (χ2v) is 8.16. The van der Waals surface area contributed by atoms with Gasteiger partial charge in [-0.15, -0.1) is 0 Å². The lowest BCUT2D eigenvalue weighted by molar-refractivity contribution is 0.0966. The quantitative estimate of drug-likeness (QED) is 0.440. The molecule has 7 heteroatoms. The zero-order chi connectivity index (χ0) is 21.9. The Morgan fingerprint density at radius 2 is 1.59 bits per heavy atom. The molecule has 4 aromatic rings. The Labute approximate surface area is 185 Å². The Kier molecular flexibility index (Phi) is 5.54. The van der Waals surface area contributed by atoms with E-state index in [4.69, 9.17) is 4.98 Å². The largest absolute Gasteiger partial charge is 0.342 e. The molecule has 1 aliphatic heterocycles. The predicted octanol–water partition coefficient (Wildman–Crippen LogP) is 3.51. The van der Waals surface area contributed by atoms with Gasteiger partial charge in [0.15, 0.2) is 5.78 Å². The second kappa shape index (κ2) is 8.78. The minimum absolute atomic E-state index is 0.103. The number of carbonyl (C=O) groups is 1. The maximum absolute atomic E-state index is 13.5. The first kappa shape index (κ1) is 20.2. The molecular weight excluding hydrogens is 402 g/mol. The summed E-state index contributed by atoms with van der Waals surface area (Å²) in [5.41, 5.74) is 2.42. The molecule has 1 saturated heterocycles. The third-order valence-corrected chi connectivity index (χ3v) is 5.94. The summed E-state index contributed by atoms with van der Waals surface area (Å²) in [5.74, 6) is 0.652. The Bertz CT molecular complexity index is 1290. The van der Waals surface area contributed by atoms with Crippen LogP contribution < -0.4 is 10.5 Å². The molecule has 0 spiro atoms. The molecule has 0 N–H and O–H groups in total. The van der Waals surface area contributed by atoms with Crippen LogP contribution >= 0.6 is 0 Å². The van der Waals surface area contributed by atoms with Crippen molar-refractivity contribution in [2.24, 2.45) is 0 Å². The Balaban J connectivity index is 1.59. The summed E-state index contributed by atoms with van der Waals surface area (Å²) in [7, 11) is 0. The van der Waals surface area contributed by atoms with Gasteiger partial charge in [0.2, 0.25) is 5.95 Å². The SMILES string of the molecule is O=C(Cn1ncc2nc(N3CCCCC3)n(Cc3ccccc3)c2c1=O)c1ccccc1. The molecule has 7 nitrogen and oxygen atoms in total. The number of fused-ring (bicyclic) bond motifs is 1. The highest BCUT2D eigenvalue weighted by Crippen LogP contribution is 2.24. The van der Waals surface area contributed by atoms with Crippen LogP contribution in [0.2, 0.25) is 0 Å². The number of anilines is 1. The zero-order valence-corrected chi connectivity index (χ0v) is 17.9. The van der Waals surface area contributed by atoms with Crippen LogP contribution in [0.15, 0.2) is 71.7 Å². The predicted molar refractivity (Wildman–Crippen MR) is 124 cm³/mol. The van der Waals surface area contributed by atoms with Crippen molar-refractivity contribution in [2.75, 3.05) is 18.0 Å². The molecule has 1 fully saturated rings. The number of carbonyl (C=O) groups excluding carboxylic acids is 1. The lowest BCUT2D eigenvalue weighted by Gasteiger charge is -2.28. The number of Topliss-reactive ketones (excluding diaryl/α,β-unsaturated/α-hetero) is 1. The molecule has 0 radical (unpaired) electrons. The van der Waals surface area contributed by atoms with Gasteiger partial charge in [-0.3, -0.25) is 9.59 Å². The number of ketones is 1. The molecule has 0 atom stereocenters. The van der Waals surface area contributed by atoms with E-state index in [0.29, 0.717) is 23.1 Å². The van der Waals surface area contributed by atoms with Gasteiger partial charge in [0, 0.05) is 18.7 Å². The monoisotopic (exact) mass is 427 g/mol. The lowest BCUT2D eigenvalue weighted by atomic mass is 10.1. The first-order valence-electron chi connectivity index (χ1n) is 11.0. The number of hydrogen-bond donors (Lipinski definition) is 0. The number of aromatic nitrogens is 4. The first-order valence-corrected chi connectivity index (χ1v) is 11.0. The topological polar surface area (TPSA) is 73.0 Å². The van der Waals surface area contributed by atoms with Crippen molar-refractivity contribution in [3.8, 4) is 0 Å². The molecule has 2 aromatic heterocycles. The molecule has 5 rings (SSSR count). The fourth-order valence-corrected chi connectivity index (χ4v) is 4.29. The van der Waals surface area contributed by atoms with Crippen LogP contribution in [0.1, 0.15) is 35.2 Å². The van der Waals surface area contributed by atoms with Crippen LogP contribution in [-0.4, -0.2) is 38.2 Å². The van der Waals surface area contributed by atoms with Crippen molar-refractivity contribution in [1.29, 1.82) is 0 Å². The van der Waals surface area contributed by atoms with Gasteiger partial charge in [0.1, 0.15) is 17.6 Å². The van der Waals surface area contributed by atoms with E-state index in [9.17, 15) is 9.59 Å². The molecule has 3 heterocycles. The van der Waals surface area contributed by atoms with Gasteiger partial charge in [-0.25, -0.2) is 9.67 Å². The molecule has 162 valence electrons. The van der Waals surface area contributed by atoms with E-state index in [1.54, 1.807) is 18.3 Å². The van der Waals surface area contributed by atoms with E-state index >= 15 is 0 Å². The highest BCUT2D eigenvalue weighted by molar-refractivity contribution is 5.95. The normalized spacial score (nSPS) is 14.1. The van der Waals surface area contributed by atoms with E-state index in [0.717, 1.165) is 37.4 Å². The maximum atomic E-state index is 13.5. The summed E-state index contributed by atoms with van der Waals surface area (Å²) >= 11 is 0. The molecule has 0 amide bonds. The van der Waals surface area contributed by atoms with Crippen LogP contribution in [0.25, 0.3) is 11.0 Å². The molecule has 2 aromatic carbocycles. The summed E-state index contributed by atoms with van der Waals surface area (Å²) in [4.78, 5) is 33.2. The average molecular weight is 428 g/mol. The van der Waals surface area contributed by atoms with E-state index < -0.39 is 0 Å². The van der Waals surface area contributed by atoms with Crippen LogP contribution in [0, 0.1) is 0 Å². The van der Waals surface area contributed by atoms with Gasteiger partial charge in [-0.2, -0.15) is 5.10 Å². The number of benzene rings is 2. The highest BCUT2D eigenvalue weighted by atomic mass is 16.1. The van der Waals surface area contributed by atoms with Crippen LogP contribution in [0.3, 0.4) is 0 Å².